The number of ether oxygens (including phenoxy) is 2. The van der Waals surface area contributed by atoms with Gasteiger partial charge in [-0.05, 0) is 33.8 Å². The highest BCUT2D eigenvalue weighted by Gasteiger charge is 2.49. The molecule has 1 aromatic rings. The number of benzene rings is 1. The first-order chi connectivity index (χ1) is 8.73. The molecule has 2 rings (SSSR count). The van der Waals surface area contributed by atoms with E-state index in [0.717, 1.165) is 11.3 Å². The summed E-state index contributed by atoms with van der Waals surface area (Å²) in [5.74, 6) is -0.107. The van der Waals surface area contributed by atoms with Gasteiger partial charge >= 0.3 is 0 Å². The molecule has 0 atom stereocenters. The van der Waals surface area contributed by atoms with Crippen LogP contribution in [0.4, 0.5) is 5.69 Å². The van der Waals surface area contributed by atoms with Crippen LogP contribution in [0, 0.1) is 0 Å². The van der Waals surface area contributed by atoms with E-state index in [9.17, 15) is 4.79 Å². The molecule has 104 valence electrons. The second kappa shape index (κ2) is 4.62. The Bertz CT molecular complexity index is 478. The minimum atomic E-state index is -0.465. The second-order valence-electron chi connectivity index (χ2n) is 5.86. The first kappa shape index (κ1) is 14.0. The van der Waals surface area contributed by atoms with Crippen LogP contribution in [0.5, 0.6) is 0 Å². The lowest BCUT2D eigenvalue weighted by molar-refractivity contribution is -0.114. The molecule has 1 N–H and O–H groups in total. The molecule has 0 spiro atoms. The Morgan fingerprint density at radius 2 is 1.63 bits per heavy atom. The van der Waals surface area contributed by atoms with Gasteiger partial charge in [0, 0.05) is 18.2 Å². The van der Waals surface area contributed by atoms with Gasteiger partial charge in [0.25, 0.3) is 0 Å². The van der Waals surface area contributed by atoms with Crippen molar-refractivity contribution < 1.29 is 14.3 Å². The van der Waals surface area contributed by atoms with E-state index in [1.54, 1.807) is 0 Å². The summed E-state index contributed by atoms with van der Waals surface area (Å²) in [5.41, 5.74) is 0.798. The van der Waals surface area contributed by atoms with Crippen molar-refractivity contribution in [1.82, 2.24) is 0 Å². The maximum Gasteiger partial charge on any atom is 0.221 e. The van der Waals surface area contributed by atoms with Gasteiger partial charge in [-0.15, -0.1) is 0 Å². The summed E-state index contributed by atoms with van der Waals surface area (Å²) in [6.07, 6.45) is -0.465. The summed E-state index contributed by atoms with van der Waals surface area (Å²) < 4.78 is 12.0. The highest BCUT2D eigenvalue weighted by atomic mass is 16.7. The van der Waals surface area contributed by atoms with Crippen LogP contribution in [0.1, 0.15) is 46.5 Å². The molecule has 0 radical (unpaired) electrons. The third-order valence-corrected chi connectivity index (χ3v) is 3.78. The van der Waals surface area contributed by atoms with E-state index in [1.807, 2.05) is 52.0 Å². The molecule has 1 saturated heterocycles. The number of nitrogens with one attached hydrogen (secondary N) is 1. The molecule has 19 heavy (non-hydrogen) atoms. The largest absolute Gasteiger partial charge is 0.339 e. The Labute approximate surface area is 114 Å². The van der Waals surface area contributed by atoms with Crippen LogP contribution in [0.15, 0.2) is 24.3 Å². The van der Waals surface area contributed by atoms with Crippen molar-refractivity contribution in [1.29, 1.82) is 0 Å². The Kier molecular flexibility index (Phi) is 3.41. The summed E-state index contributed by atoms with van der Waals surface area (Å²) in [6, 6.07) is 7.54. The van der Waals surface area contributed by atoms with Gasteiger partial charge in [-0.25, -0.2) is 0 Å². The monoisotopic (exact) mass is 263 g/mol. The SMILES string of the molecule is CC(=O)Nc1ccccc1C1OC(C)(C)C(C)(C)O1. The highest BCUT2D eigenvalue weighted by Crippen LogP contribution is 2.46. The third-order valence-electron chi connectivity index (χ3n) is 3.78. The van der Waals surface area contributed by atoms with Crippen LogP contribution in [-0.4, -0.2) is 17.1 Å². The smallest absolute Gasteiger partial charge is 0.221 e. The lowest BCUT2D eigenvalue weighted by atomic mass is 9.90. The minimum absolute atomic E-state index is 0.107. The van der Waals surface area contributed by atoms with E-state index in [2.05, 4.69) is 5.32 Å². The average Bonchev–Trinajstić information content (AvgIpc) is 2.48. The van der Waals surface area contributed by atoms with Gasteiger partial charge in [0.05, 0.1) is 11.2 Å². The quantitative estimate of drug-likeness (QED) is 0.891. The zero-order valence-corrected chi connectivity index (χ0v) is 12.1. The summed E-state index contributed by atoms with van der Waals surface area (Å²) >= 11 is 0. The normalized spacial score (nSPS) is 21.3. The van der Waals surface area contributed by atoms with Crippen molar-refractivity contribution in [3.8, 4) is 0 Å². The summed E-state index contributed by atoms with van der Waals surface area (Å²) in [5, 5.41) is 2.81. The van der Waals surface area contributed by atoms with Gasteiger partial charge in [-0.2, -0.15) is 0 Å². The molecule has 1 aromatic carbocycles. The number of rotatable bonds is 2. The molecule has 4 nitrogen and oxygen atoms in total. The van der Waals surface area contributed by atoms with E-state index >= 15 is 0 Å². The standard InChI is InChI=1S/C15H21NO3/c1-10(17)16-12-9-7-6-8-11(12)13-18-14(2,3)15(4,5)19-13/h6-9,13H,1-5H3,(H,16,17). The summed E-state index contributed by atoms with van der Waals surface area (Å²) in [6.45, 7) is 9.52. The van der Waals surface area contributed by atoms with E-state index in [0.29, 0.717) is 0 Å². The molecule has 1 aliphatic rings. The summed E-state index contributed by atoms with van der Waals surface area (Å²) in [7, 11) is 0. The van der Waals surface area contributed by atoms with Crippen LogP contribution in [0.2, 0.25) is 0 Å². The van der Waals surface area contributed by atoms with Crippen LogP contribution in [0.3, 0.4) is 0 Å². The zero-order valence-electron chi connectivity index (χ0n) is 12.1. The van der Waals surface area contributed by atoms with Crippen molar-refractivity contribution in [2.45, 2.75) is 52.1 Å². The van der Waals surface area contributed by atoms with E-state index < -0.39 is 6.29 Å². The molecule has 1 heterocycles. The predicted octanol–water partition coefficient (Wildman–Crippen LogP) is 3.25. The fourth-order valence-electron chi connectivity index (χ4n) is 1.98. The number of hydrogen-bond donors (Lipinski definition) is 1. The highest BCUT2D eigenvalue weighted by molar-refractivity contribution is 5.89. The van der Waals surface area contributed by atoms with Gasteiger partial charge in [0.15, 0.2) is 6.29 Å². The zero-order chi connectivity index (χ0) is 14.3. The maximum atomic E-state index is 11.2. The molecule has 1 amide bonds. The maximum absolute atomic E-state index is 11.2. The van der Waals surface area contributed by atoms with Crippen LogP contribution >= 0.6 is 0 Å². The number of anilines is 1. The van der Waals surface area contributed by atoms with Crippen LogP contribution in [0.25, 0.3) is 0 Å². The van der Waals surface area contributed by atoms with E-state index in [4.69, 9.17) is 9.47 Å². The molecule has 1 aliphatic heterocycles. The first-order valence-corrected chi connectivity index (χ1v) is 6.45. The molecule has 0 bridgehead atoms. The molecular formula is C15H21NO3. The van der Waals surface area contributed by atoms with Gasteiger partial charge in [0.1, 0.15) is 0 Å². The minimum Gasteiger partial charge on any atom is -0.339 e. The molecule has 0 saturated carbocycles. The Morgan fingerprint density at radius 3 is 2.16 bits per heavy atom. The molecule has 4 heteroatoms. The van der Waals surface area contributed by atoms with Crippen molar-refractivity contribution in [2.24, 2.45) is 0 Å². The van der Waals surface area contributed by atoms with Crippen LogP contribution < -0.4 is 5.32 Å². The average molecular weight is 263 g/mol. The van der Waals surface area contributed by atoms with Crippen molar-refractivity contribution in [3.05, 3.63) is 29.8 Å². The van der Waals surface area contributed by atoms with Gasteiger partial charge in [-0.3, -0.25) is 4.79 Å². The fourth-order valence-corrected chi connectivity index (χ4v) is 1.98. The van der Waals surface area contributed by atoms with Gasteiger partial charge in [0.2, 0.25) is 5.91 Å². The van der Waals surface area contributed by atoms with E-state index in [1.165, 1.54) is 6.92 Å². The number of carbonyl (C=O) groups excluding carboxylic acids is 1. The topological polar surface area (TPSA) is 47.6 Å². The number of carbonyl (C=O) groups is 1. The second-order valence-corrected chi connectivity index (χ2v) is 5.86. The Hall–Kier alpha value is -1.39. The number of amides is 1. The molecule has 0 unspecified atom stereocenters. The van der Waals surface area contributed by atoms with Gasteiger partial charge in [-0.1, -0.05) is 18.2 Å². The lowest BCUT2D eigenvalue weighted by Crippen LogP contribution is -2.41. The molecule has 1 fully saturated rings. The Balaban J connectivity index is 2.32. The molecule has 0 aromatic heterocycles. The lowest BCUT2D eigenvalue weighted by Gasteiger charge is -2.30. The van der Waals surface area contributed by atoms with Crippen molar-refractivity contribution in [3.63, 3.8) is 0 Å². The summed E-state index contributed by atoms with van der Waals surface area (Å²) in [4.78, 5) is 11.2. The van der Waals surface area contributed by atoms with Gasteiger partial charge < -0.3 is 14.8 Å². The first-order valence-electron chi connectivity index (χ1n) is 6.45. The predicted molar refractivity (Wildman–Crippen MR) is 73.8 cm³/mol. The van der Waals surface area contributed by atoms with Crippen molar-refractivity contribution >= 4 is 11.6 Å². The third kappa shape index (κ3) is 2.65. The Morgan fingerprint density at radius 1 is 1.11 bits per heavy atom. The number of hydrogen-bond acceptors (Lipinski definition) is 3. The van der Waals surface area contributed by atoms with E-state index in [-0.39, 0.29) is 17.1 Å². The number of para-hydroxylation sites is 1. The molecule has 0 aliphatic carbocycles. The van der Waals surface area contributed by atoms with Crippen molar-refractivity contribution in [2.75, 3.05) is 5.32 Å². The van der Waals surface area contributed by atoms with Crippen LogP contribution in [-0.2, 0) is 14.3 Å². The fraction of sp³-hybridized carbons (Fsp3) is 0.533. The molecular weight excluding hydrogens is 242 g/mol.